The summed E-state index contributed by atoms with van der Waals surface area (Å²) in [6, 6.07) is 0.442. The van der Waals surface area contributed by atoms with Gasteiger partial charge in [-0.3, -0.25) is 4.79 Å². The van der Waals surface area contributed by atoms with Gasteiger partial charge < -0.3 is 29.9 Å². The predicted octanol–water partition coefficient (Wildman–Crippen LogP) is 2.48. The molecule has 7 nitrogen and oxygen atoms in total. The molecule has 0 aromatic rings. The SMILES string of the molecule is O=C(C1C(O)CC(O)CC1OCC1CCCCC1)N1CC2CCCC(NCC3CCCO3)C2C1. The third kappa shape index (κ3) is 5.80. The highest BCUT2D eigenvalue weighted by Crippen LogP contribution is 2.39. The standard InChI is InChI=1S/C27H46N2O5/c30-20-12-24(31)26(25(13-20)34-17-18-6-2-1-3-7-18)27(32)29-15-19-8-4-10-23(22(19)16-29)28-14-21-9-5-11-33-21/h18-26,28,30-31H,1-17H2. The van der Waals surface area contributed by atoms with Crippen LogP contribution in [0.3, 0.4) is 0 Å². The van der Waals surface area contributed by atoms with Crippen LogP contribution < -0.4 is 5.32 Å². The second kappa shape index (κ2) is 11.5. The maximum absolute atomic E-state index is 13.8. The van der Waals surface area contributed by atoms with Gasteiger partial charge in [0.15, 0.2) is 0 Å². The molecule has 0 aromatic heterocycles. The first-order valence-electron chi connectivity index (χ1n) is 14.2. The molecule has 0 spiro atoms. The molecule has 5 fully saturated rings. The zero-order valence-electron chi connectivity index (χ0n) is 20.8. The lowest BCUT2D eigenvalue weighted by Gasteiger charge is -2.39. The Morgan fingerprint density at radius 2 is 1.82 bits per heavy atom. The van der Waals surface area contributed by atoms with Gasteiger partial charge in [0.25, 0.3) is 0 Å². The number of aliphatic hydroxyl groups excluding tert-OH is 2. The van der Waals surface area contributed by atoms with E-state index in [0.717, 1.165) is 39.1 Å². The van der Waals surface area contributed by atoms with E-state index in [2.05, 4.69) is 5.32 Å². The van der Waals surface area contributed by atoms with Crippen molar-refractivity contribution in [1.82, 2.24) is 10.2 Å². The minimum absolute atomic E-state index is 0.0420. The van der Waals surface area contributed by atoms with Crippen molar-refractivity contribution in [3.8, 4) is 0 Å². The number of nitrogens with one attached hydrogen (secondary N) is 1. The van der Waals surface area contributed by atoms with E-state index in [-0.39, 0.29) is 18.4 Å². The first kappa shape index (κ1) is 24.9. The summed E-state index contributed by atoms with van der Waals surface area (Å²) >= 11 is 0. The lowest BCUT2D eigenvalue weighted by molar-refractivity contribution is -0.158. The number of fused-ring (bicyclic) bond motifs is 1. The van der Waals surface area contributed by atoms with E-state index in [4.69, 9.17) is 9.47 Å². The van der Waals surface area contributed by atoms with Gasteiger partial charge in [0.2, 0.25) is 5.91 Å². The third-order valence-corrected chi connectivity index (χ3v) is 9.43. The summed E-state index contributed by atoms with van der Waals surface area (Å²) in [5.41, 5.74) is 0. The molecule has 3 N–H and O–H groups in total. The van der Waals surface area contributed by atoms with E-state index in [9.17, 15) is 15.0 Å². The molecule has 0 bridgehead atoms. The average Bonchev–Trinajstić information content (AvgIpc) is 3.51. The molecule has 3 saturated carbocycles. The van der Waals surface area contributed by atoms with Gasteiger partial charge in [0.05, 0.1) is 30.3 Å². The van der Waals surface area contributed by atoms with Gasteiger partial charge in [-0.2, -0.15) is 0 Å². The van der Waals surface area contributed by atoms with Crippen molar-refractivity contribution in [2.75, 3.05) is 32.8 Å². The molecule has 0 radical (unpaired) electrons. The normalized spacial score (nSPS) is 41.5. The predicted molar refractivity (Wildman–Crippen MR) is 129 cm³/mol. The molecule has 3 aliphatic carbocycles. The molecule has 8 unspecified atom stereocenters. The summed E-state index contributed by atoms with van der Waals surface area (Å²) in [5, 5.41) is 25.0. The quantitative estimate of drug-likeness (QED) is 0.521. The van der Waals surface area contributed by atoms with E-state index in [1.54, 1.807) is 0 Å². The number of rotatable bonds is 7. The molecule has 1 amide bonds. The third-order valence-electron chi connectivity index (χ3n) is 9.43. The van der Waals surface area contributed by atoms with Crippen LogP contribution in [0, 0.1) is 23.7 Å². The van der Waals surface area contributed by atoms with Crippen LogP contribution in [0.1, 0.15) is 77.0 Å². The molecule has 2 heterocycles. The van der Waals surface area contributed by atoms with Gasteiger partial charge >= 0.3 is 0 Å². The summed E-state index contributed by atoms with van der Waals surface area (Å²) < 4.78 is 12.1. The first-order valence-corrected chi connectivity index (χ1v) is 14.2. The molecule has 5 rings (SSSR count). The number of aliphatic hydroxyl groups is 2. The van der Waals surface area contributed by atoms with Crippen LogP contribution in [0.4, 0.5) is 0 Å². The van der Waals surface area contributed by atoms with Crippen LogP contribution >= 0.6 is 0 Å². The van der Waals surface area contributed by atoms with Crippen molar-refractivity contribution in [3.05, 3.63) is 0 Å². The largest absolute Gasteiger partial charge is 0.393 e. The van der Waals surface area contributed by atoms with Crippen LogP contribution in [-0.2, 0) is 14.3 Å². The number of nitrogens with zero attached hydrogens (tertiary/aromatic N) is 1. The van der Waals surface area contributed by atoms with Crippen molar-refractivity contribution in [2.24, 2.45) is 23.7 Å². The lowest BCUT2D eigenvalue weighted by Crippen LogP contribution is -2.52. The molecule has 8 atom stereocenters. The van der Waals surface area contributed by atoms with Gasteiger partial charge in [-0.15, -0.1) is 0 Å². The molecule has 34 heavy (non-hydrogen) atoms. The van der Waals surface area contributed by atoms with Crippen LogP contribution in [0.15, 0.2) is 0 Å². The van der Waals surface area contributed by atoms with E-state index in [1.807, 2.05) is 4.90 Å². The Hall–Kier alpha value is -0.730. The first-order chi connectivity index (χ1) is 16.6. The highest BCUT2D eigenvalue weighted by molar-refractivity contribution is 5.80. The molecule has 0 aromatic carbocycles. The average molecular weight is 479 g/mol. The highest BCUT2D eigenvalue weighted by atomic mass is 16.5. The minimum atomic E-state index is -0.830. The van der Waals surface area contributed by atoms with E-state index in [0.29, 0.717) is 42.9 Å². The second-order valence-electron chi connectivity index (χ2n) is 11.8. The Morgan fingerprint density at radius 3 is 2.62 bits per heavy atom. The van der Waals surface area contributed by atoms with E-state index in [1.165, 1.54) is 51.4 Å². The topological polar surface area (TPSA) is 91.3 Å². The molecular weight excluding hydrogens is 432 g/mol. The van der Waals surface area contributed by atoms with Gasteiger partial charge in [-0.05, 0) is 56.3 Å². The van der Waals surface area contributed by atoms with Crippen molar-refractivity contribution in [1.29, 1.82) is 0 Å². The van der Waals surface area contributed by atoms with Gasteiger partial charge in [-0.25, -0.2) is 0 Å². The fourth-order valence-electron chi connectivity index (χ4n) is 7.50. The van der Waals surface area contributed by atoms with Crippen molar-refractivity contribution in [2.45, 2.75) is 108 Å². The fourth-order valence-corrected chi connectivity index (χ4v) is 7.50. The zero-order valence-corrected chi connectivity index (χ0v) is 20.8. The Kier molecular flexibility index (Phi) is 8.47. The number of hydrogen-bond acceptors (Lipinski definition) is 6. The van der Waals surface area contributed by atoms with Crippen LogP contribution in [0.5, 0.6) is 0 Å². The molecule has 2 saturated heterocycles. The van der Waals surface area contributed by atoms with Gasteiger partial charge in [-0.1, -0.05) is 25.7 Å². The maximum atomic E-state index is 13.8. The number of carbonyl (C=O) groups excluding carboxylic acids is 1. The summed E-state index contributed by atoms with van der Waals surface area (Å²) in [6.07, 6.45) is 11.3. The summed E-state index contributed by atoms with van der Waals surface area (Å²) in [6.45, 7) is 4.01. The van der Waals surface area contributed by atoms with Gasteiger partial charge in [0, 0.05) is 51.7 Å². The smallest absolute Gasteiger partial charge is 0.230 e. The van der Waals surface area contributed by atoms with Crippen molar-refractivity contribution in [3.63, 3.8) is 0 Å². The Balaban J connectivity index is 1.20. The van der Waals surface area contributed by atoms with E-state index < -0.39 is 18.1 Å². The number of carbonyl (C=O) groups is 1. The van der Waals surface area contributed by atoms with Crippen molar-refractivity contribution < 1.29 is 24.5 Å². The minimum Gasteiger partial charge on any atom is -0.393 e. The number of likely N-dealkylation sites (tertiary alicyclic amines) is 1. The van der Waals surface area contributed by atoms with Gasteiger partial charge in [0.1, 0.15) is 0 Å². The summed E-state index contributed by atoms with van der Waals surface area (Å²) in [5.74, 6) is 1.05. The number of ether oxygens (including phenoxy) is 2. The Labute approximate surface area is 204 Å². The molecule has 7 heteroatoms. The second-order valence-corrected chi connectivity index (χ2v) is 11.8. The maximum Gasteiger partial charge on any atom is 0.230 e. The van der Waals surface area contributed by atoms with Crippen LogP contribution in [-0.4, -0.2) is 84.3 Å². The monoisotopic (exact) mass is 478 g/mol. The molecule has 2 aliphatic heterocycles. The molecule has 194 valence electrons. The zero-order chi connectivity index (χ0) is 23.5. The molecular formula is C27H46N2O5. The van der Waals surface area contributed by atoms with Crippen LogP contribution in [0.25, 0.3) is 0 Å². The Bertz CT molecular complexity index is 665. The molecule has 5 aliphatic rings. The number of amides is 1. The Morgan fingerprint density at radius 1 is 0.971 bits per heavy atom. The number of hydrogen-bond donors (Lipinski definition) is 3. The van der Waals surface area contributed by atoms with Crippen molar-refractivity contribution >= 4 is 5.91 Å². The van der Waals surface area contributed by atoms with Crippen LogP contribution in [0.2, 0.25) is 0 Å². The summed E-state index contributed by atoms with van der Waals surface area (Å²) in [4.78, 5) is 15.8. The fraction of sp³-hybridized carbons (Fsp3) is 0.963. The summed E-state index contributed by atoms with van der Waals surface area (Å²) in [7, 11) is 0. The van der Waals surface area contributed by atoms with E-state index >= 15 is 0 Å². The highest BCUT2D eigenvalue weighted by Gasteiger charge is 2.48. The lowest BCUT2D eigenvalue weighted by atomic mass is 9.78.